The fourth-order valence-corrected chi connectivity index (χ4v) is 5.05. The third-order valence-corrected chi connectivity index (χ3v) is 7.07. The molecule has 3 N–H and O–H groups in total. The van der Waals surface area contributed by atoms with Gasteiger partial charge in [-0.1, -0.05) is 47.7 Å². The van der Waals surface area contributed by atoms with Gasteiger partial charge in [-0.05, 0) is 50.4 Å². The maximum absolute atomic E-state index is 11.7. The number of aromatic hydroxyl groups is 1. The Bertz CT molecular complexity index is 1120. The predicted molar refractivity (Wildman–Crippen MR) is 137 cm³/mol. The smallest absolute Gasteiger partial charge is 0.222 e. The van der Waals surface area contributed by atoms with E-state index in [-0.39, 0.29) is 11.7 Å². The second kappa shape index (κ2) is 12.2. The van der Waals surface area contributed by atoms with Crippen molar-refractivity contribution in [1.29, 1.82) is 0 Å². The second-order valence-corrected chi connectivity index (χ2v) is 9.82. The van der Waals surface area contributed by atoms with E-state index in [1.54, 1.807) is 30.0 Å². The standard InChI is InChI=1S/C26H33N5O3S/c1-19-8-10-20(11-9-19)18-35-26-29-28-23(31(26)21-5-2-6-22(32)17-21)12-13-24(33)27-14-4-16-30-15-3-7-25(30)34/h2,5-6,8-11,17,24,27,32-33H,3-4,7,12-16,18H2,1H3. The maximum atomic E-state index is 11.7. The first-order valence-electron chi connectivity index (χ1n) is 12.1. The molecule has 0 aliphatic carbocycles. The van der Waals surface area contributed by atoms with Gasteiger partial charge in [-0.2, -0.15) is 0 Å². The number of hydrogen-bond donors (Lipinski definition) is 3. The summed E-state index contributed by atoms with van der Waals surface area (Å²) >= 11 is 1.59. The van der Waals surface area contributed by atoms with Gasteiger partial charge in [0, 0.05) is 37.8 Å². The first-order chi connectivity index (χ1) is 17.0. The molecule has 1 saturated heterocycles. The number of carbonyl (C=O) groups is 1. The van der Waals surface area contributed by atoms with Gasteiger partial charge in [0.15, 0.2) is 5.16 Å². The summed E-state index contributed by atoms with van der Waals surface area (Å²) in [6, 6.07) is 15.5. The molecule has 2 aromatic carbocycles. The Balaban J connectivity index is 1.36. The van der Waals surface area contributed by atoms with E-state index in [1.807, 2.05) is 15.5 Å². The molecule has 1 aromatic heterocycles. The first-order valence-corrected chi connectivity index (χ1v) is 13.1. The van der Waals surface area contributed by atoms with Crippen LogP contribution in [-0.2, 0) is 17.0 Å². The number of nitrogens with one attached hydrogen (secondary N) is 1. The average molecular weight is 496 g/mol. The van der Waals surface area contributed by atoms with E-state index in [9.17, 15) is 15.0 Å². The number of carbonyl (C=O) groups excluding carboxylic acids is 1. The van der Waals surface area contributed by atoms with Crippen LogP contribution in [0.25, 0.3) is 5.69 Å². The fourth-order valence-electron chi connectivity index (χ4n) is 4.13. The lowest BCUT2D eigenvalue weighted by atomic mass is 10.2. The zero-order valence-corrected chi connectivity index (χ0v) is 20.9. The number of aryl methyl sites for hydroxylation is 2. The lowest BCUT2D eigenvalue weighted by Crippen LogP contribution is -2.33. The molecule has 1 aliphatic rings. The zero-order chi connectivity index (χ0) is 24.6. The summed E-state index contributed by atoms with van der Waals surface area (Å²) in [4.78, 5) is 13.6. The van der Waals surface area contributed by atoms with Gasteiger partial charge in [-0.3, -0.25) is 14.7 Å². The van der Waals surface area contributed by atoms with Gasteiger partial charge in [0.25, 0.3) is 0 Å². The second-order valence-electron chi connectivity index (χ2n) is 8.87. The Hall–Kier alpha value is -2.88. The summed E-state index contributed by atoms with van der Waals surface area (Å²) in [6.45, 7) is 4.28. The number of amides is 1. The van der Waals surface area contributed by atoms with Crippen LogP contribution in [0.4, 0.5) is 0 Å². The van der Waals surface area contributed by atoms with Gasteiger partial charge in [-0.25, -0.2) is 0 Å². The minimum Gasteiger partial charge on any atom is -0.508 e. The van der Waals surface area contributed by atoms with E-state index in [1.165, 1.54) is 11.1 Å². The normalized spacial score (nSPS) is 14.6. The Morgan fingerprint density at radius 1 is 1.17 bits per heavy atom. The largest absolute Gasteiger partial charge is 0.508 e. The van der Waals surface area contributed by atoms with E-state index in [4.69, 9.17) is 0 Å². The third kappa shape index (κ3) is 7.06. The lowest BCUT2D eigenvalue weighted by molar-refractivity contribution is -0.127. The van der Waals surface area contributed by atoms with Crippen LogP contribution in [0.15, 0.2) is 53.7 Å². The number of thioether (sulfide) groups is 1. The summed E-state index contributed by atoms with van der Waals surface area (Å²) in [6.07, 6.45) is 2.72. The highest BCUT2D eigenvalue weighted by Gasteiger charge is 2.19. The Kier molecular flexibility index (Phi) is 8.79. The van der Waals surface area contributed by atoms with Crippen LogP contribution in [0, 0.1) is 6.92 Å². The zero-order valence-electron chi connectivity index (χ0n) is 20.1. The Morgan fingerprint density at radius 2 is 2.00 bits per heavy atom. The number of benzene rings is 2. The first kappa shape index (κ1) is 25.2. The molecule has 0 spiro atoms. The van der Waals surface area contributed by atoms with E-state index in [2.05, 4.69) is 46.7 Å². The molecule has 0 saturated carbocycles. The van der Waals surface area contributed by atoms with Crippen molar-refractivity contribution in [2.75, 3.05) is 19.6 Å². The van der Waals surface area contributed by atoms with Crippen molar-refractivity contribution in [2.24, 2.45) is 0 Å². The van der Waals surface area contributed by atoms with Crippen molar-refractivity contribution < 1.29 is 15.0 Å². The number of aliphatic hydroxyl groups excluding tert-OH is 1. The van der Waals surface area contributed by atoms with Gasteiger partial charge in [0.1, 0.15) is 17.8 Å². The number of phenols is 1. The van der Waals surface area contributed by atoms with Crippen LogP contribution in [0.2, 0.25) is 0 Å². The highest BCUT2D eigenvalue weighted by Crippen LogP contribution is 2.27. The summed E-state index contributed by atoms with van der Waals surface area (Å²) in [5.74, 6) is 1.88. The van der Waals surface area contributed by atoms with E-state index in [0.29, 0.717) is 25.8 Å². The molecule has 4 rings (SSSR count). The van der Waals surface area contributed by atoms with Crippen LogP contribution in [0.5, 0.6) is 5.75 Å². The molecule has 9 heteroatoms. The SMILES string of the molecule is Cc1ccc(CSc2nnc(CCC(O)NCCCN3CCCC3=O)n2-c2cccc(O)c2)cc1. The number of aliphatic hydroxyl groups is 1. The Labute approximate surface area is 210 Å². The topological polar surface area (TPSA) is 104 Å². The number of hydrogen-bond acceptors (Lipinski definition) is 7. The van der Waals surface area contributed by atoms with Gasteiger partial charge in [0.2, 0.25) is 5.91 Å². The molecule has 3 aromatic rings. The minimum atomic E-state index is -0.678. The van der Waals surface area contributed by atoms with Crippen LogP contribution < -0.4 is 5.32 Å². The monoisotopic (exact) mass is 495 g/mol. The molecule has 1 atom stereocenters. The van der Waals surface area contributed by atoms with Crippen molar-refractivity contribution in [3.63, 3.8) is 0 Å². The molecule has 0 radical (unpaired) electrons. The van der Waals surface area contributed by atoms with E-state index >= 15 is 0 Å². The summed E-state index contributed by atoms with van der Waals surface area (Å²) in [5.41, 5.74) is 3.21. The maximum Gasteiger partial charge on any atom is 0.222 e. The van der Waals surface area contributed by atoms with Crippen LogP contribution in [-0.4, -0.2) is 61.6 Å². The molecule has 0 bridgehead atoms. The summed E-state index contributed by atoms with van der Waals surface area (Å²) < 4.78 is 1.95. The van der Waals surface area contributed by atoms with Crippen molar-refractivity contribution in [3.05, 3.63) is 65.5 Å². The highest BCUT2D eigenvalue weighted by molar-refractivity contribution is 7.98. The molecular weight excluding hydrogens is 462 g/mol. The number of likely N-dealkylation sites (tertiary alicyclic amines) is 1. The highest BCUT2D eigenvalue weighted by atomic mass is 32.2. The van der Waals surface area contributed by atoms with Gasteiger partial charge in [0.05, 0.1) is 5.69 Å². The quantitative estimate of drug-likeness (QED) is 0.201. The van der Waals surface area contributed by atoms with Crippen molar-refractivity contribution in [1.82, 2.24) is 25.0 Å². The van der Waals surface area contributed by atoms with Crippen molar-refractivity contribution in [3.8, 4) is 11.4 Å². The van der Waals surface area contributed by atoms with Gasteiger partial charge in [-0.15, -0.1) is 10.2 Å². The average Bonchev–Trinajstić information content (AvgIpc) is 3.45. The molecular formula is C26H33N5O3S. The predicted octanol–water partition coefficient (Wildman–Crippen LogP) is 3.43. The number of aromatic nitrogens is 3. The molecule has 1 amide bonds. The molecule has 1 unspecified atom stereocenters. The minimum absolute atomic E-state index is 0.176. The summed E-state index contributed by atoms with van der Waals surface area (Å²) in [7, 11) is 0. The fraction of sp³-hybridized carbons (Fsp3) is 0.423. The molecule has 1 aliphatic heterocycles. The molecule has 186 valence electrons. The number of phenolic OH excluding ortho intramolecular Hbond substituents is 1. The molecule has 8 nitrogen and oxygen atoms in total. The summed E-state index contributed by atoms with van der Waals surface area (Å²) in [5, 5.41) is 33.2. The molecule has 35 heavy (non-hydrogen) atoms. The van der Waals surface area contributed by atoms with Gasteiger partial charge < -0.3 is 15.1 Å². The lowest BCUT2D eigenvalue weighted by Gasteiger charge is -2.17. The van der Waals surface area contributed by atoms with E-state index in [0.717, 1.165) is 48.4 Å². The van der Waals surface area contributed by atoms with Crippen LogP contribution in [0.1, 0.15) is 42.6 Å². The molecule has 1 fully saturated rings. The van der Waals surface area contributed by atoms with E-state index < -0.39 is 6.23 Å². The Morgan fingerprint density at radius 3 is 2.74 bits per heavy atom. The van der Waals surface area contributed by atoms with Crippen LogP contribution in [0.3, 0.4) is 0 Å². The number of nitrogens with zero attached hydrogens (tertiary/aromatic N) is 4. The van der Waals surface area contributed by atoms with Crippen molar-refractivity contribution in [2.45, 2.75) is 56.2 Å². The van der Waals surface area contributed by atoms with Crippen molar-refractivity contribution >= 4 is 17.7 Å². The number of rotatable bonds is 12. The van der Waals surface area contributed by atoms with Gasteiger partial charge >= 0.3 is 0 Å². The molecule has 2 heterocycles. The van der Waals surface area contributed by atoms with Crippen LogP contribution >= 0.6 is 11.8 Å². The third-order valence-electron chi connectivity index (χ3n) is 6.07.